The van der Waals surface area contributed by atoms with E-state index in [0.29, 0.717) is 19.1 Å². The summed E-state index contributed by atoms with van der Waals surface area (Å²) in [4.78, 5) is 4.40. The van der Waals surface area contributed by atoms with E-state index in [1.807, 2.05) is 38.1 Å². The molecule has 3 rings (SSSR count). The van der Waals surface area contributed by atoms with Gasteiger partial charge in [0, 0.05) is 18.5 Å². The molecule has 1 aromatic rings. The minimum Gasteiger partial charge on any atom is -0.491 e. The average molecular weight is 475 g/mol. The third-order valence-corrected chi connectivity index (χ3v) is 4.49. The highest BCUT2D eigenvalue weighted by atomic mass is 127. The first-order valence-electron chi connectivity index (χ1n) is 9.20. The molecule has 0 radical (unpaired) electrons. The fourth-order valence-electron chi connectivity index (χ4n) is 3.34. The standard InChI is InChI=1S/C19H29N3O3.HI/c1-14(2)24-16-8-6-15(7-9-16)22-18(20)21-12-17-13-23-19(25-17)10-4-3-5-11-19;/h6-9,14,17H,3-5,10-13H2,1-2H3,(H3,20,21,22);1H. The van der Waals surface area contributed by atoms with Gasteiger partial charge in [0.25, 0.3) is 0 Å². The summed E-state index contributed by atoms with van der Waals surface area (Å²) in [5.41, 5.74) is 6.86. The van der Waals surface area contributed by atoms with Crippen molar-refractivity contribution in [3.63, 3.8) is 0 Å². The number of rotatable bonds is 5. The fourth-order valence-corrected chi connectivity index (χ4v) is 3.34. The summed E-state index contributed by atoms with van der Waals surface area (Å²) in [5.74, 6) is 0.864. The van der Waals surface area contributed by atoms with Crippen molar-refractivity contribution in [1.29, 1.82) is 0 Å². The van der Waals surface area contributed by atoms with E-state index >= 15 is 0 Å². The fraction of sp³-hybridized carbons (Fsp3) is 0.632. The highest BCUT2D eigenvalue weighted by Gasteiger charge is 2.41. The number of anilines is 1. The second-order valence-electron chi connectivity index (χ2n) is 7.06. The van der Waals surface area contributed by atoms with Gasteiger partial charge in [-0.15, -0.1) is 24.0 Å². The van der Waals surface area contributed by atoms with Crippen molar-refractivity contribution < 1.29 is 14.2 Å². The molecule has 1 unspecified atom stereocenters. The molecule has 26 heavy (non-hydrogen) atoms. The van der Waals surface area contributed by atoms with E-state index in [1.54, 1.807) is 0 Å². The van der Waals surface area contributed by atoms with Gasteiger partial charge in [-0.25, -0.2) is 0 Å². The van der Waals surface area contributed by atoms with Gasteiger partial charge in [-0.05, 0) is 51.0 Å². The molecule has 6 nitrogen and oxygen atoms in total. The number of hydrogen-bond acceptors (Lipinski definition) is 4. The molecule has 1 aliphatic carbocycles. The normalized spacial score (nSPS) is 22.3. The number of aliphatic imine (C=N–C) groups is 1. The molecule has 0 amide bonds. The van der Waals surface area contributed by atoms with Crippen LogP contribution in [0.2, 0.25) is 0 Å². The zero-order chi connectivity index (χ0) is 17.7. The van der Waals surface area contributed by atoms with E-state index in [1.165, 1.54) is 19.3 Å². The molecule has 1 heterocycles. The molecule has 1 saturated heterocycles. The second kappa shape index (κ2) is 9.75. The molecule has 146 valence electrons. The first-order chi connectivity index (χ1) is 12.0. The number of hydrogen-bond donors (Lipinski definition) is 2. The van der Waals surface area contributed by atoms with Crippen molar-refractivity contribution in [3.05, 3.63) is 24.3 Å². The quantitative estimate of drug-likeness (QED) is 0.384. The van der Waals surface area contributed by atoms with Crippen LogP contribution in [-0.2, 0) is 9.47 Å². The van der Waals surface area contributed by atoms with E-state index in [2.05, 4.69) is 10.3 Å². The molecule has 2 fully saturated rings. The maximum atomic E-state index is 6.11. The van der Waals surface area contributed by atoms with E-state index < -0.39 is 0 Å². The lowest BCUT2D eigenvalue weighted by molar-refractivity contribution is -0.186. The Kier molecular flexibility index (Phi) is 7.97. The minimum atomic E-state index is -0.354. The van der Waals surface area contributed by atoms with E-state index in [4.69, 9.17) is 19.9 Å². The molecule has 1 aliphatic heterocycles. The molecule has 1 atom stereocenters. The van der Waals surface area contributed by atoms with Crippen molar-refractivity contribution in [2.75, 3.05) is 18.5 Å². The number of halogens is 1. The summed E-state index contributed by atoms with van der Waals surface area (Å²) in [7, 11) is 0. The van der Waals surface area contributed by atoms with Crippen LogP contribution in [0.3, 0.4) is 0 Å². The first-order valence-corrected chi connectivity index (χ1v) is 9.20. The van der Waals surface area contributed by atoms with Crippen LogP contribution >= 0.6 is 24.0 Å². The average Bonchev–Trinajstić information content (AvgIpc) is 2.97. The Bertz CT molecular complexity index is 586. The van der Waals surface area contributed by atoms with Crippen LogP contribution in [0.1, 0.15) is 46.0 Å². The predicted octanol–water partition coefficient (Wildman–Crippen LogP) is 3.89. The van der Waals surface area contributed by atoms with Crippen molar-refractivity contribution in [3.8, 4) is 5.75 Å². The predicted molar refractivity (Wildman–Crippen MR) is 114 cm³/mol. The zero-order valence-corrected chi connectivity index (χ0v) is 17.9. The van der Waals surface area contributed by atoms with Crippen LogP contribution in [0, 0.1) is 0 Å². The molecular weight excluding hydrogens is 445 g/mol. The lowest BCUT2D eigenvalue weighted by Crippen LogP contribution is -2.34. The largest absolute Gasteiger partial charge is 0.491 e. The number of nitrogens with zero attached hydrogens (tertiary/aromatic N) is 1. The van der Waals surface area contributed by atoms with Crippen molar-refractivity contribution in [2.24, 2.45) is 10.7 Å². The van der Waals surface area contributed by atoms with Crippen LogP contribution < -0.4 is 15.8 Å². The van der Waals surface area contributed by atoms with E-state index in [0.717, 1.165) is 24.3 Å². The lowest BCUT2D eigenvalue weighted by atomic mass is 9.94. The number of ether oxygens (including phenoxy) is 3. The Morgan fingerprint density at radius 1 is 1.27 bits per heavy atom. The van der Waals surface area contributed by atoms with Gasteiger partial charge in [-0.3, -0.25) is 4.99 Å². The number of nitrogens with two attached hydrogens (primary N) is 1. The van der Waals surface area contributed by atoms with Crippen molar-refractivity contribution in [2.45, 2.75) is 63.9 Å². The number of guanidine groups is 1. The van der Waals surface area contributed by atoms with Gasteiger partial charge in [0.15, 0.2) is 11.7 Å². The molecule has 0 bridgehead atoms. The third kappa shape index (κ3) is 5.99. The van der Waals surface area contributed by atoms with Crippen molar-refractivity contribution in [1.82, 2.24) is 0 Å². The van der Waals surface area contributed by atoms with Crippen molar-refractivity contribution >= 4 is 35.6 Å². The Labute approximate surface area is 172 Å². The summed E-state index contributed by atoms with van der Waals surface area (Å²) < 4.78 is 17.7. The Morgan fingerprint density at radius 2 is 1.96 bits per heavy atom. The van der Waals surface area contributed by atoms with Crippen LogP contribution in [0.4, 0.5) is 5.69 Å². The summed E-state index contributed by atoms with van der Waals surface area (Å²) >= 11 is 0. The van der Waals surface area contributed by atoms with Gasteiger partial charge >= 0.3 is 0 Å². The summed E-state index contributed by atoms with van der Waals surface area (Å²) in [6.07, 6.45) is 5.76. The lowest BCUT2D eigenvalue weighted by Gasteiger charge is -2.31. The number of benzene rings is 1. The summed E-state index contributed by atoms with van der Waals surface area (Å²) in [6.45, 7) is 5.11. The van der Waals surface area contributed by atoms with Gasteiger partial charge < -0.3 is 25.3 Å². The van der Waals surface area contributed by atoms with Crippen LogP contribution in [0.15, 0.2) is 29.3 Å². The molecule has 7 heteroatoms. The maximum absolute atomic E-state index is 6.11. The number of nitrogens with one attached hydrogen (secondary N) is 1. The van der Waals surface area contributed by atoms with E-state index in [9.17, 15) is 0 Å². The molecule has 1 saturated carbocycles. The Balaban J connectivity index is 0.00000243. The van der Waals surface area contributed by atoms with E-state index in [-0.39, 0.29) is 42.0 Å². The first kappa shape index (κ1) is 21.2. The molecular formula is C19H30IN3O3. The van der Waals surface area contributed by atoms with Gasteiger partial charge in [-0.1, -0.05) is 6.42 Å². The smallest absolute Gasteiger partial charge is 0.193 e. The SMILES string of the molecule is CC(C)Oc1ccc(NC(N)=NCC2COC3(CCCCC3)O2)cc1.I. The van der Waals surface area contributed by atoms with Gasteiger partial charge in [-0.2, -0.15) is 0 Å². The van der Waals surface area contributed by atoms with Gasteiger partial charge in [0.2, 0.25) is 0 Å². The Morgan fingerprint density at radius 3 is 2.62 bits per heavy atom. The maximum Gasteiger partial charge on any atom is 0.193 e. The summed E-state index contributed by atoms with van der Waals surface area (Å²) in [5, 5.41) is 3.09. The van der Waals surface area contributed by atoms with Crippen LogP contribution in [0.5, 0.6) is 5.75 Å². The molecule has 0 aromatic heterocycles. The highest BCUT2D eigenvalue weighted by molar-refractivity contribution is 14.0. The molecule has 2 aliphatic rings. The topological polar surface area (TPSA) is 78.1 Å². The monoisotopic (exact) mass is 475 g/mol. The second-order valence-corrected chi connectivity index (χ2v) is 7.06. The van der Waals surface area contributed by atoms with Crippen LogP contribution in [0.25, 0.3) is 0 Å². The minimum absolute atomic E-state index is 0. The molecule has 3 N–H and O–H groups in total. The summed E-state index contributed by atoms with van der Waals surface area (Å²) in [6, 6.07) is 7.67. The van der Waals surface area contributed by atoms with Gasteiger partial charge in [0.1, 0.15) is 11.9 Å². The Hall–Kier alpha value is -1.06. The molecule has 1 aromatic carbocycles. The van der Waals surface area contributed by atoms with Crippen LogP contribution in [-0.4, -0.2) is 37.1 Å². The van der Waals surface area contributed by atoms with Gasteiger partial charge in [0.05, 0.1) is 19.3 Å². The third-order valence-electron chi connectivity index (χ3n) is 4.49. The molecule has 1 spiro atoms. The highest BCUT2D eigenvalue weighted by Crippen LogP contribution is 2.37. The zero-order valence-electron chi connectivity index (χ0n) is 15.6.